The van der Waals surface area contributed by atoms with Crippen LogP contribution in [0.15, 0.2) is 65.6 Å². The minimum absolute atomic E-state index is 0.0274. The van der Waals surface area contributed by atoms with Crippen molar-refractivity contribution in [1.29, 1.82) is 0 Å². The van der Waals surface area contributed by atoms with Crippen LogP contribution in [0.5, 0.6) is 11.5 Å². The highest BCUT2D eigenvalue weighted by molar-refractivity contribution is 7.92. The average molecular weight is 513 g/mol. The number of esters is 1. The fourth-order valence-corrected chi connectivity index (χ4v) is 4.97. The molecule has 0 bridgehead atoms. The zero-order chi connectivity index (χ0) is 26.5. The molecule has 9 nitrogen and oxygen atoms in total. The average Bonchev–Trinajstić information content (AvgIpc) is 2.87. The molecule has 3 rings (SSSR count). The third-order valence-electron chi connectivity index (χ3n) is 5.56. The van der Waals surface area contributed by atoms with Gasteiger partial charge >= 0.3 is 5.97 Å². The third kappa shape index (κ3) is 5.60. The van der Waals surface area contributed by atoms with Crippen molar-refractivity contribution in [2.45, 2.75) is 18.7 Å². The molecule has 0 spiro atoms. The molecule has 0 unspecified atom stereocenters. The van der Waals surface area contributed by atoms with Gasteiger partial charge in [0.1, 0.15) is 6.54 Å². The summed E-state index contributed by atoms with van der Waals surface area (Å²) in [6.07, 6.45) is 0. The second-order valence-corrected chi connectivity index (χ2v) is 9.74. The molecule has 0 aliphatic heterocycles. The summed E-state index contributed by atoms with van der Waals surface area (Å²) in [4.78, 5) is 25.2. The van der Waals surface area contributed by atoms with Gasteiger partial charge < -0.3 is 19.5 Å². The lowest BCUT2D eigenvalue weighted by Crippen LogP contribution is -2.38. The Morgan fingerprint density at radius 1 is 0.889 bits per heavy atom. The van der Waals surface area contributed by atoms with Crippen molar-refractivity contribution < 1.29 is 32.2 Å². The summed E-state index contributed by atoms with van der Waals surface area (Å²) < 4.78 is 43.7. The molecule has 3 aromatic rings. The minimum Gasteiger partial charge on any atom is -0.493 e. The fourth-order valence-electron chi connectivity index (χ4n) is 3.55. The summed E-state index contributed by atoms with van der Waals surface area (Å²) in [6.45, 7) is 2.98. The normalized spacial score (nSPS) is 10.9. The predicted molar refractivity (Wildman–Crippen MR) is 136 cm³/mol. The van der Waals surface area contributed by atoms with Crippen molar-refractivity contribution in [2.24, 2.45) is 0 Å². The molecular formula is C26H28N2O7S. The molecule has 190 valence electrons. The largest absolute Gasteiger partial charge is 0.493 e. The number of carbonyl (C=O) groups excluding carboxylic acids is 2. The quantitative estimate of drug-likeness (QED) is 0.432. The van der Waals surface area contributed by atoms with Gasteiger partial charge in [-0.1, -0.05) is 23.8 Å². The number of ether oxygens (including phenoxy) is 3. The van der Waals surface area contributed by atoms with E-state index in [-0.39, 0.29) is 10.6 Å². The van der Waals surface area contributed by atoms with Gasteiger partial charge in [-0.25, -0.2) is 13.2 Å². The smallest absolute Gasteiger partial charge is 0.338 e. The van der Waals surface area contributed by atoms with E-state index in [9.17, 15) is 18.0 Å². The zero-order valence-electron chi connectivity index (χ0n) is 20.7. The van der Waals surface area contributed by atoms with Gasteiger partial charge in [-0.15, -0.1) is 0 Å². The van der Waals surface area contributed by atoms with Gasteiger partial charge in [0.2, 0.25) is 5.91 Å². The molecule has 0 atom stereocenters. The SMILES string of the molecule is COC(=O)c1cccc(NC(=O)CN(c2ccc(OC)c(OC)c2)S(=O)(=O)c2ccc(C)cc2)c1C. The Kier molecular flexibility index (Phi) is 8.21. The van der Waals surface area contributed by atoms with E-state index in [2.05, 4.69) is 5.32 Å². The number of methoxy groups -OCH3 is 3. The van der Waals surface area contributed by atoms with Crippen molar-refractivity contribution >= 4 is 33.3 Å². The first-order valence-corrected chi connectivity index (χ1v) is 12.4. The Morgan fingerprint density at radius 2 is 1.56 bits per heavy atom. The van der Waals surface area contributed by atoms with Gasteiger partial charge in [-0.05, 0) is 55.8 Å². The number of rotatable bonds is 9. The van der Waals surface area contributed by atoms with E-state index in [1.807, 2.05) is 6.92 Å². The monoisotopic (exact) mass is 512 g/mol. The number of benzene rings is 3. The van der Waals surface area contributed by atoms with Crippen LogP contribution in [-0.4, -0.2) is 48.2 Å². The summed E-state index contributed by atoms with van der Waals surface area (Å²) in [5.74, 6) is -0.433. The van der Waals surface area contributed by atoms with E-state index >= 15 is 0 Å². The lowest BCUT2D eigenvalue weighted by molar-refractivity contribution is -0.114. The molecular weight excluding hydrogens is 484 g/mol. The van der Waals surface area contributed by atoms with Crippen LogP contribution in [0.25, 0.3) is 0 Å². The molecule has 1 N–H and O–H groups in total. The van der Waals surface area contributed by atoms with Crippen LogP contribution in [0.2, 0.25) is 0 Å². The molecule has 3 aromatic carbocycles. The Hall–Kier alpha value is -4.05. The number of amides is 1. The van der Waals surface area contributed by atoms with Gasteiger partial charge in [0, 0.05) is 11.8 Å². The highest BCUT2D eigenvalue weighted by atomic mass is 32.2. The van der Waals surface area contributed by atoms with Crippen LogP contribution < -0.4 is 19.1 Å². The maximum atomic E-state index is 13.6. The number of hydrogen-bond acceptors (Lipinski definition) is 7. The number of anilines is 2. The predicted octanol–water partition coefficient (Wildman–Crippen LogP) is 3.94. The number of nitrogens with zero attached hydrogens (tertiary/aromatic N) is 1. The van der Waals surface area contributed by atoms with Crippen molar-refractivity contribution in [3.05, 3.63) is 77.4 Å². The minimum atomic E-state index is -4.14. The van der Waals surface area contributed by atoms with Crippen LogP contribution in [-0.2, 0) is 19.6 Å². The van der Waals surface area contributed by atoms with Gasteiger partial charge in [0.05, 0.1) is 37.5 Å². The van der Waals surface area contributed by atoms with E-state index in [1.54, 1.807) is 43.3 Å². The van der Waals surface area contributed by atoms with Crippen molar-refractivity contribution in [3.8, 4) is 11.5 Å². The Bertz CT molecular complexity index is 1370. The number of aryl methyl sites for hydroxylation is 1. The molecule has 36 heavy (non-hydrogen) atoms. The summed E-state index contributed by atoms with van der Waals surface area (Å²) in [5.41, 5.74) is 2.26. The molecule has 0 heterocycles. The lowest BCUT2D eigenvalue weighted by Gasteiger charge is -2.25. The molecule has 0 fully saturated rings. The highest BCUT2D eigenvalue weighted by Crippen LogP contribution is 2.34. The van der Waals surface area contributed by atoms with Crippen LogP contribution in [0.1, 0.15) is 21.5 Å². The van der Waals surface area contributed by atoms with Crippen LogP contribution in [0.3, 0.4) is 0 Å². The van der Waals surface area contributed by atoms with Crippen molar-refractivity contribution in [2.75, 3.05) is 37.5 Å². The summed E-state index contributed by atoms with van der Waals surface area (Å²) in [6, 6.07) is 15.7. The number of carbonyl (C=O) groups is 2. The summed E-state index contributed by atoms with van der Waals surface area (Å²) >= 11 is 0. The molecule has 0 saturated carbocycles. The van der Waals surface area contributed by atoms with Gasteiger partial charge in [-0.2, -0.15) is 0 Å². The summed E-state index contributed by atoms with van der Waals surface area (Å²) in [7, 11) is 0.0349. The fraction of sp³-hybridized carbons (Fsp3) is 0.231. The van der Waals surface area contributed by atoms with Crippen LogP contribution in [0, 0.1) is 13.8 Å². The first-order chi connectivity index (χ1) is 17.1. The summed E-state index contributed by atoms with van der Waals surface area (Å²) in [5, 5.41) is 2.70. The zero-order valence-corrected chi connectivity index (χ0v) is 21.5. The second-order valence-electron chi connectivity index (χ2n) is 7.88. The topological polar surface area (TPSA) is 111 Å². The van der Waals surface area contributed by atoms with E-state index in [4.69, 9.17) is 14.2 Å². The second kappa shape index (κ2) is 11.1. The van der Waals surface area contributed by atoms with E-state index < -0.39 is 28.4 Å². The first kappa shape index (κ1) is 26.6. The van der Waals surface area contributed by atoms with Crippen LogP contribution >= 0.6 is 0 Å². The van der Waals surface area contributed by atoms with E-state index in [0.29, 0.717) is 28.3 Å². The molecule has 0 radical (unpaired) electrons. The molecule has 0 aromatic heterocycles. The van der Waals surface area contributed by atoms with E-state index in [1.165, 1.54) is 45.6 Å². The third-order valence-corrected chi connectivity index (χ3v) is 7.35. The van der Waals surface area contributed by atoms with E-state index in [0.717, 1.165) is 9.87 Å². The first-order valence-electron chi connectivity index (χ1n) is 10.9. The number of nitrogens with one attached hydrogen (secondary N) is 1. The molecule has 0 aliphatic rings. The van der Waals surface area contributed by atoms with Gasteiger partial charge in [0.15, 0.2) is 11.5 Å². The molecule has 10 heteroatoms. The standard InChI is InChI=1S/C26H28N2O7S/c1-17-9-12-20(13-10-17)36(31,32)28(19-11-14-23(33-3)24(15-19)34-4)16-25(29)27-22-8-6-7-21(18(22)2)26(30)35-5/h6-15H,16H2,1-5H3,(H,27,29). The molecule has 0 aliphatic carbocycles. The lowest BCUT2D eigenvalue weighted by atomic mass is 10.1. The maximum Gasteiger partial charge on any atom is 0.338 e. The Labute approximate surface area is 210 Å². The van der Waals surface area contributed by atoms with Gasteiger partial charge in [0.25, 0.3) is 10.0 Å². The number of hydrogen-bond donors (Lipinski definition) is 1. The van der Waals surface area contributed by atoms with Gasteiger partial charge in [-0.3, -0.25) is 9.10 Å². The Balaban J connectivity index is 2.01. The number of sulfonamides is 1. The maximum absolute atomic E-state index is 13.6. The molecule has 0 saturated heterocycles. The highest BCUT2D eigenvalue weighted by Gasteiger charge is 2.28. The Morgan fingerprint density at radius 3 is 2.17 bits per heavy atom. The van der Waals surface area contributed by atoms with Crippen LogP contribution in [0.4, 0.5) is 11.4 Å². The molecule has 1 amide bonds. The van der Waals surface area contributed by atoms with Crippen molar-refractivity contribution in [3.63, 3.8) is 0 Å². The van der Waals surface area contributed by atoms with Crippen molar-refractivity contribution in [1.82, 2.24) is 0 Å².